The number of hydrogen-bond acceptors (Lipinski definition) is 2. The highest BCUT2D eigenvalue weighted by Crippen LogP contribution is 2.25. The molecule has 1 aliphatic rings. The van der Waals surface area contributed by atoms with Crippen LogP contribution in [0.3, 0.4) is 0 Å². The van der Waals surface area contributed by atoms with Gasteiger partial charge in [0.05, 0.1) is 5.25 Å². The number of ketones is 1. The molecule has 0 spiro atoms. The molecule has 0 N–H and O–H groups in total. The lowest BCUT2D eigenvalue weighted by Gasteiger charge is -2.10. The molecular weight excluding hydrogens is 192 g/mol. The third kappa shape index (κ3) is 2.15. The Hall–Kier alpha value is -1.28. The van der Waals surface area contributed by atoms with Gasteiger partial charge in [-0.15, -0.1) is 11.8 Å². The molecule has 0 fully saturated rings. The van der Waals surface area contributed by atoms with E-state index in [1.165, 1.54) is 0 Å². The third-order valence-electron chi connectivity index (χ3n) is 1.94. The second kappa shape index (κ2) is 4.29. The topological polar surface area (TPSA) is 17.1 Å². The van der Waals surface area contributed by atoms with E-state index < -0.39 is 0 Å². The molecule has 1 aromatic rings. The largest absolute Gasteiger partial charge is 0.293 e. The van der Waals surface area contributed by atoms with Gasteiger partial charge < -0.3 is 0 Å². The van der Waals surface area contributed by atoms with Crippen molar-refractivity contribution in [1.29, 1.82) is 0 Å². The zero-order valence-corrected chi connectivity index (χ0v) is 8.41. The molecule has 1 atom stereocenters. The normalized spacial score (nSPS) is 20.0. The first-order valence-electron chi connectivity index (χ1n) is 4.47. The van der Waals surface area contributed by atoms with Gasteiger partial charge in [-0.2, -0.15) is 0 Å². The highest BCUT2D eigenvalue weighted by atomic mass is 32.2. The second-order valence-corrected chi connectivity index (χ2v) is 4.21. The van der Waals surface area contributed by atoms with Gasteiger partial charge in [-0.1, -0.05) is 36.4 Å². The van der Waals surface area contributed by atoms with Gasteiger partial charge in [0, 0.05) is 4.90 Å². The maximum Gasteiger partial charge on any atom is 0.172 e. The van der Waals surface area contributed by atoms with Crippen molar-refractivity contribution in [3.8, 4) is 0 Å². The third-order valence-corrected chi connectivity index (χ3v) is 3.13. The molecule has 0 aromatic heterocycles. The summed E-state index contributed by atoms with van der Waals surface area (Å²) in [5, 5.41) is -0.0533. The lowest BCUT2D eigenvalue weighted by molar-refractivity contribution is -0.113. The van der Waals surface area contributed by atoms with Crippen molar-refractivity contribution < 1.29 is 4.79 Å². The molecule has 2 heteroatoms. The van der Waals surface area contributed by atoms with E-state index in [1.54, 1.807) is 23.9 Å². The highest BCUT2D eigenvalue weighted by Gasteiger charge is 2.15. The van der Waals surface area contributed by atoms with Crippen molar-refractivity contribution in [2.24, 2.45) is 0 Å². The summed E-state index contributed by atoms with van der Waals surface area (Å²) < 4.78 is 0. The number of carbonyl (C=O) groups excluding carboxylic acids is 1. The van der Waals surface area contributed by atoms with Crippen molar-refractivity contribution in [2.75, 3.05) is 0 Å². The standard InChI is InChI=1S/C12H10OS/c13-11-8-4-5-9-12(11)14-10-6-2-1-3-7-10/h1-9,12H. The van der Waals surface area contributed by atoms with E-state index in [2.05, 4.69) is 0 Å². The summed E-state index contributed by atoms with van der Waals surface area (Å²) in [6, 6.07) is 9.97. The molecule has 0 heterocycles. The lowest BCUT2D eigenvalue weighted by atomic mass is 10.2. The zero-order valence-electron chi connectivity index (χ0n) is 7.59. The first kappa shape index (κ1) is 9.28. The van der Waals surface area contributed by atoms with Gasteiger partial charge in [0.25, 0.3) is 0 Å². The lowest BCUT2D eigenvalue weighted by Crippen LogP contribution is -2.13. The smallest absolute Gasteiger partial charge is 0.172 e. The summed E-state index contributed by atoms with van der Waals surface area (Å²) >= 11 is 1.59. The second-order valence-electron chi connectivity index (χ2n) is 3.00. The molecule has 1 aromatic carbocycles. The van der Waals surface area contributed by atoms with Crippen LogP contribution in [0.2, 0.25) is 0 Å². The van der Waals surface area contributed by atoms with Crippen molar-refractivity contribution >= 4 is 17.5 Å². The fourth-order valence-electron chi connectivity index (χ4n) is 1.25. The quantitative estimate of drug-likeness (QED) is 0.733. The Morgan fingerprint density at radius 2 is 1.86 bits per heavy atom. The Morgan fingerprint density at radius 1 is 1.07 bits per heavy atom. The number of benzene rings is 1. The first-order chi connectivity index (χ1) is 6.86. The Bertz CT molecular complexity index is 379. The number of hydrogen-bond donors (Lipinski definition) is 0. The minimum absolute atomic E-state index is 0.0533. The van der Waals surface area contributed by atoms with Crippen LogP contribution in [0.25, 0.3) is 0 Å². The monoisotopic (exact) mass is 202 g/mol. The van der Waals surface area contributed by atoms with Gasteiger partial charge in [-0.3, -0.25) is 4.79 Å². The summed E-state index contributed by atoms with van der Waals surface area (Å²) in [7, 11) is 0. The van der Waals surface area contributed by atoms with E-state index in [4.69, 9.17) is 0 Å². The molecule has 0 amide bonds. The van der Waals surface area contributed by atoms with Crippen LogP contribution in [0.1, 0.15) is 0 Å². The molecule has 70 valence electrons. The van der Waals surface area contributed by atoms with E-state index in [9.17, 15) is 4.79 Å². The van der Waals surface area contributed by atoms with Gasteiger partial charge in [0.15, 0.2) is 5.78 Å². The zero-order chi connectivity index (χ0) is 9.80. The van der Waals surface area contributed by atoms with E-state index >= 15 is 0 Å². The summed E-state index contributed by atoms with van der Waals surface area (Å²) in [5.74, 6) is 0.168. The van der Waals surface area contributed by atoms with E-state index in [1.807, 2.05) is 42.5 Å². The summed E-state index contributed by atoms with van der Waals surface area (Å²) in [6.45, 7) is 0. The SMILES string of the molecule is O=C1C=CC=CC1Sc1ccccc1. The molecule has 1 unspecified atom stereocenters. The molecule has 0 radical (unpaired) electrons. The van der Waals surface area contributed by atoms with Crippen LogP contribution in [0.15, 0.2) is 59.5 Å². The van der Waals surface area contributed by atoms with Crippen molar-refractivity contribution in [1.82, 2.24) is 0 Å². The van der Waals surface area contributed by atoms with Crippen LogP contribution in [-0.2, 0) is 4.79 Å². The van der Waals surface area contributed by atoms with Crippen LogP contribution < -0.4 is 0 Å². The molecule has 0 saturated heterocycles. The van der Waals surface area contributed by atoms with E-state index in [0.717, 1.165) is 4.90 Å². The van der Waals surface area contributed by atoms with Crippen LogP contribution in [0.4, 0.5) is 0 Å². The van der Waals surface area contributed by atoms with Crippen LogP contribution in [0.5, 0.6) is 0 Å². The maximum atomic E-state index is 11.4. The van der Waals surface area contributed by atoms with Gasteiger partial charge in [0.1, 0.15) is 0 Å². The Labute approximate surface area is 87.5 Å². The number of allylic oxidation sites excluding steroid dienone is 3. The van der Waals surface area contributed by atoms with Gasteiger partial charge in [-0.25, -0.2) is 0 Å². The minimum atomic E-state index is -0.0533. The first-order valence-corrected chi connectivity index (χ1v) is 5.34. The highest BCUT2D eigenvalue weighted by molar-refractivity contribution is 8.00. The number of rotatable bonds is 2. The van der Waals surface area contributed by atoms with E-state index in [0.29, 0.717) is 0 Å². The van der Waals surface area contributed by atoms with E-state index in [-0.39, 0.29) is 11.0 Å². The fourth-order valence-corrected chi connectivity index (χ4v) is 2.22. The van der Waals surface area contributed by atoms with Crippen molar-refractivity contribution in [3.63, 3.8) is 0 Å². The van der Waals surface area contributed by atoms with Gasteiger partial charge >= 0.3 is 0 Å². The average Bonchev–Trinajstić information content (AvgIpc) is 2.23. The van der Waals surface area contributed by atoms with Crippen molar-refractivity contribution in [2.45, 2.75) is 10.1 Å². The predicted octanol–water partition coefficient (Wildman–Crippen LogP) is 2.84. The molecule has 0 aliphatic heterocycles. The average molecular weight is 202 g/mol. The summed E-state index contributed by atoms with van der Waals surface area (Å²) in [6.07, 6.45) is 7.26. The molecule has 0 bridgehead atoms. The molecule has 0 saturated carbocycles. The Kier molecular flexibility index (Phi) is 2.84. The summed E-state index contributed by atoms with van der Waals surface area (Å²) in [5.41, 5.74) is 0. The fraction of sp³-hybridized carbons (Fsp3) is 0.0833. The summed E-state index contributed by atoms with van der Waals surface area (Å²) in [4.78, 5) is 12.6. The number of thioether (sulfide) groups is 1. The molecule has 2 rings (SSSR count). The van der Waals surface area contributed by atoms with Crippen molar-refractivity contribution in [3.05, 3.63) is 54.6 Å². The molecule has 14 heavy (non-hydrogen) atoms. The Balaban J connectivity index is 2.09. The number of carbonyl (C=O) groups is 1. The molecular formula is C12H10OS. The van der Waals surface area contributed by atoms with Gasteiger partial charge in [-0.05, 0) is 18.2 Å². The molecule has 1 nitrogen and oxygen atoms in total. The minimum Gasteiger partial charge on any atom is -0.293 e. The Morgan fingerprint density at radius 3 is 2.57 bits per heavy atom. The van der Waals surface area contributed by atoms with Crippen LogP contribution in [0, 0.1) is 0 Å². The molecule has 1 aliphatic carbocycles. The van der Waals surface area contributed by atoms with Crippen LogP contribution in [-0.4, -0.2) is 11.0 Å². The maximum absolute atomic E-state index is 11.4. The van der Waals surface area contributed by atoms with Gasteiger partial charge in [0.2, 0.25) is 0 Å². The predicted molar refractivity (Wildman–Crippen MR) is 59.4 cm³/mol. The van der Waals surface area contributed by atoms with Crippen LogP contribution >= 0.6 is 11.8 Å².